The van der Waals surface area contributed by atoms with Crippen LogP contribution in [0.5, 0.6) is 11.5 Å². The Morgan fingerprint density at radius 2 is 2.04 bits per heavy atom. The van der Waals surface area contributed by atoms with E-state index in [1.807, 2.05) is 0 Å². The summed E-state index contributed by atoms with van der Waals surface area (Å²) in [5.41, 5.74) is 0.891. The minimum absolute atomic E-state index is 0.146. The van der Waals surface area contributed by atoms with E-state index in [0.717, 1.165) is 0 Å². The Labute approximate surface area is 153 Å². The van der Waals surface area contributed by atoms with Crippen molar-refractivity contribution >= 4 is 17.6 Å². The average molecular weight is 376 g/mol. The van der Waals surface area contributed by atoms with Gasteiger partial charge in [-0.15, -0.1) is 0 Å². The van der Waals surface area contributed by atoms with Crippen molar-refractivity contribution in [1.82, 2.24) is 15.1 Å². The van der Waals surface area contributed by atoms with E-state index >= 15 is 0 Å². The number of halogens is 1. The zero-order valence-corrected chi connectivity index (χ0v) is 14.7. The quantitative estimate of drug-likeness (QED) is 0.478. The first-order valence-electron chi connectivity index (χ1n) is 7.44. The number of rotatable bonds is 6. The third-order valence-corrected chi connectivity index (χ3v) is 3.63. The Bertz CT molecular complexity index is 911. The van der Waals surface area contributed by atoms with Crippen LogP contribution in [-0.2, 0) is 11.3 Å². The van der Waals surface area contributed by atoms with E-state index in [1.165, 1.54) is 25.4 Å². The summed E-state index contributed by atoms with van der Waals surface area (Å²) in [5, 5.41) is 4.17. The summed E-state index contributed by atoms with van der Waals surface area (Å²) in [6.07, 6.45) is 1.33. The molecule has 0 N–H and O–H groups in total. The Hall–Kier alpha value is -3.13. The molecule has 3 rings (SSSR count). The van der Waals surface area contributed by atoms with Gasteiger partial charge in [-0.25, -0.2) is 9.78 Å². The first kappa shape index (κ1) is 17.7. The fraction of sp³-hybridized carbons (Fsp3) is 0.176. The first-order valence-corrected chi connectivity index (χ1v) is 7.82. The van der Waals surface area contributed by atoms with Gasteiger partial charge in [-0.2, -0.15) is 4.98 Å². The molecule has 0 saturated carbocycles. The topological polar surface area (TPSA) is 96.6 Å². The molecule has 0 aliphatic heterocycles. The largest absolute Gasteiger partial charge is 0.497 e. The molecular weight excluding hydrogens is 362 g/mol. The highest BCUT2D eigenvalue weighted by Gasteiger charge is 2.16. The van der Waals surface area contributed by atoms with Gasteiger partial charge in [0.1, 0.15) is 16.7 Å². The summed E-state index contributed by atoms with van der Waals surface area (Å²) >= 11 is 5.68. The molecule has 0 aliphatic rings. The highest BCUT2D eigenvalue weighted by molar-refractivity contribution is 6.29. The van der Waals surface area contributed by atoms with Crippen LogP contribution in [0.25, 0.3) is 11.4 Å². The van der Waals surface area contributed by atoms with E-state index in [1.54, 1.807) is 25.3 Å². The Kier molecular flexibility index (Phi) is 5.33. The van der Waals surface area contributed by atoms with Crippen LogP contribution in [0.4, 0.5) is 0 Å². The molecule has 0 aliphatic carbocycles. The van der Waals surface area contributed by atoms with Crippen LogP contribution >= 0.6 is 11.6 Å². The molecule has 0 atom stereocenters. The smallest absolute Gasteiger partial charge is 0.340 e. The minimum atomic E-state index is -0.573. The molecule has 0 saturated heterocycles. The maximum Gasteiger partial charge on any atom is 0.340 e. The van der Waals surface area contributed by atoms with E-state index in [9.17, 15) is 4.79 Å². The van der Waals surface area contributed by atoms with Crippen molar-refractivity contribution in [2.75, 3.05) is 14.2 Å². The lowest BCUT2D eigenvalue weighted by molar-refractivity contribution is 0.0429. The molecule has 2 aromatic heterocycles. The maximum atomic E-state index is 11.9. The number of carbonyl (C=O) groups excluding carboxylic acids is 1. The Morgan fingerprint density at radius 1 is 1.19 bits per heavy atom. The molecule has 9 heteroatoms. The molecule has 2 heterocycles. The fourth-order valence-corrected chi connectivity index (χ4v) is 2.23. The van der Waals surface area contributed by atoms with E-state index < -0.39 is 5.97 Å². The summed E-state index contributed by atoms with van der Waals surface area (Å²) in [7, 11) is 3.09. The summed E-state index contributed by atoms with van der Waals surface area (Å²) < 4.78 is 20.7. The second-order valence-electron chi connectivity index (χ2n) is 5.02. The number of carbonyl (C=O) groups is 1. The third-order valence-electron chi connectivity index (χ3n) is 3.41. The van der Waals surface area contributed by atoms with Gasteiger partial charge in [-0.3, -0.25) is 0 Å². The molecule has 1 aromatic carbocycles. The van der Waals surface area contributed by atoms with Crippen molar-refractivity contribution < 1.29 is 23.5 Å². The van der Waals surface area contributed by atoms with Gasteiger partial charge in [-0.05, 0) is 24.3 Å². The van der Waals surface area contributed by atoms with Gasteiger partial charge < -0.3 is 18.7 Å². The summed E-state index contributed by atoms with van der Waals surface area (Å²) in [6, 6.07) is 8.22. The zero-order valence-electron chi connectivity index (χ0n) is 13.9. The van der Waals surface area contributed by atoms with Crippen LogP contribution < -0.4 is 9.47 Å². The zero-order chi connectivity index (χ0) is 18.5. The van der Waals surface area contributed by atoms with Gasteiger partial charge in [-0.1, -0.05) is 16.8 Å². The second kappa shape index (κ2) is 7.83. The fourth-order valence-electron chi connectivity index (χ4n) is 2.11. The van der Waals surface area contributed by atoms with Gasteiger partial charge in [0.2, 0.25) is 5.82 Å². The molecule has 26 heavy (non-hydrogen) atoms. The van der Waals surface area contributed by atoms with Crippen LogP contribution in [0, 0.1) is 0 Å². The molecule has 3 aromatic rings. The molecule has 134 valence electrons. The van der Waals surface area contributed by atoms with E-state index in [2.05, 4.69) is 15.1 Å². The normalized spacial score (nSPS) is 10.4. The highest BCUT2D eigenvalue weighted by atomic mass is 35.5. The monoisotopic (exact) mass is 375 g/mol. The lowest BCUT2D eigenvalue weighted by Gasteiger charge is -2.07. The standard InChI is InChI=1S/C17H14ClN3O5/c1-23-11-4-5-12(13(7-11)24-2)16-20-15(26-21-16)9-25-17(22)10-3-6-14(18)19-8-10/h3-8H,9H2,1-2H3. The van der Waals surface area contributed by atoms with Crippen molar-refractivity contribution in [3.8, 4) is 22.9 Å². The van der Waals surface area contributed by atoms with Crippen molar-refractivity contribution in [2.24, 2.45) is 0 Å². The summed E-state index contributed by atoms with van der Waals surface area (Å²) in [5.74, 6) is 1.05. The van der Waals surface area contributed by atoms with Crippen LogP contribution in [-0.4, -0.2) is 35.3 Å². The van der Waals surface area contributed by atoms with Crippen LogP contribution in [0.2, 0.25) is 5.15 Å². The molecular formula is C17H14ClN3O5. The van der Waals surface area contributed by atoms with Gasteiger partial charge in [0, 0.05) is 12.3 Å². The van der Waals surface area contributed by atoms with Crippen molar-refractivity contribution in [2.45, 2.75) is 6.61 Å². The number of pyridine rings is 1. The van der Waals surface area contributed by atoms with Gasteiger partial charge in [0.05, 0.1) is 25.3 Å². The van der Waals surface area contributed by atoms with Crippen LogP contribution in [0.1, 0.15) is 16.2 Å². The average Bonchev–Trinajstić information content (AvgIpc) is 3.15. The van der Waals surface area contributed by atoms with E-state index in [0.29, 0.717) is 22.9 Å². The first-order chi connectivity index (χ1) is 12.6. The molecule has 0 amide bonds. The SMILES string of the molecule is COc1ccc(-c2noc(COC(=O)c3ccc(Cl)nc3)n2)c(OC)c1. The van der Waals surface area contributed by atoms with Crippen molar-refractivity contribution in [3.63, 3.8) is 0 Å². The molecule has 8 nitrogen and oxygen atoms in total. The van der Waals surface area contributed by atoms with Gasteiger partial charge in [0.15, 0.2) is 6.61 Å². The third kappa shape index (κ3) is 3.92. The molecule has 0 unspecified atom stereocenters. The predicted octanol–water partition coefficient (Wildman–Crippen LogP) is 3.16. The second-order valence-corrected chi connectivity index (χ2v) is 5.41. The number of hydrogen-bond donors (Lipinski definition) is 0. The molecule has 0 radical (unpaired) electrons. The van der Waals surface area contributed by atoms with E-state index in [-0.39, 0.29) is 23.2 Å². The highest BCUT2D eigenvalue weighted by Crippen LogP contribution is 2.31. The van der Waals surface area contributed by atoms with Crippen LogP contribution in [0.3, 0.4) is 0 Å². The van der Waals surface area contributed by atoms with Gasteiger partial charge >= 0.3 is 5.97 Å². The van der Waals surface area contributed by atoms with Crippen molar-refractivity contribution in [3.05, 3.63) is 53.1 Å². The summed E-state index contributed by atoms with van der Waals surface area (Å²) in [6.45, 7) is -0.174. The summed E-state index contributed by atoms with van der Waals surface area (Å²) in [4.78, 5) is 20.0. The van der Waals surface area contributed by atoms with Crippen LogP contribution in [0.15, 0.2) is 41.1 Å². The Balaban J connectivity index is 1.70. The lowest BCUT2D eigenvalue weighted by Crippen LogP contribution is -2.05. The predicted molar refractivity (Wildman–Crippen MR) is 91.2 cm³/mol. The number of nitrogens with zero attached hydrogens (tertiary/aromatic N) is 3. The number of methoxy groups -OCH3 is 2. The van der Waals surface area contributed by atoms with E-state index in [4.69, 9.17) is 30.3 Å². The maximum absolute atomic E-state index is 11.9. The van der Waals surface area contributed by atoms with Gasteiger partial charge in [0.25, 0.3) is 5.89 Å². The number of hydrogen-bond acceptors (Lipinski definition) is 8. The number of aromatic nitrogens is 3. The number of ether oxygens (including phenoxy) is 3. The number of esters is 1. The molecule has 0 fully saturated rings. The lowest BCUT2D eigenvalue weighted by atomic mass is 10.2. The van der Waals surface area contributed by atoms with Crippen molar-refractivity contribution in [1.29, 1.82) is 0 Å². The minimum Gasteiger partial charge on any atom is -0.497 e. The molecule has 0 bridgehead atoms. The Morgan fingerprint density at radius 3 is 2.73 bits per heavy atom. The molecule has 0 spiro atoms. The number of benzene rings is 1.